The molecule has 1 saturated carbocycles. The van der Waals surface area contributed by atoms with Crippen molar-refractivity contribution in [1.82, 2.24) is 15.3 Å². The van der Waals surface area contributed by atoms with Gasteiger partial charge in [-0.2, -0.15) is 0 Å². The summed E-state index contributed by atoms with van der Waals surface area (Å²) < 4.78 is 0. The number of hydrogen-bond acceptors (Lipinski definition) is 5. The predicted molar refractivity (Wildman–Crippen MR) is 75.7 cm³/mol. The highest BCUT2D eigenvalue weighted by Gasteiger charge is 2.41. The summed E-state index contributed by atoms with van der Waals surface area (Å²) in [7, 11) is 0. The maximum absolute atomic E-state index is 11.8. The number of amides is 1. The van der Waals surface area contributed by atoms with E-state index >= 15 is 0 Å². The number of carbonyl (C=O) groups is 1. The van der Waals surface area contributed by atoms with E-state index in [1.165, 1.54) is 0 Å². The smallest absolute Gasteiger partial charge is 0.237 e. The summed E-state index contributed by atoms with van der Waals surface area (Å²) in [6.45, 7) is 2.75. The fourth-order valence-electron chi connectivity index (χ4n) is 2.63. The number of thioether (sulfide) groups is 1. The minimum atomic E-state index is -0.556. The van der Waals surface area contributed by atoms with Crippen molar-refractivity contribution in [2.75, 3.05) is 6.54 Å². The lowest BCUT2D eigenvalue weighted by molar-refractivity contribution is -0.125. The first-order chi connectivity index (χ1) is 9.16. The van der Waals surface area contributed by atoms with E-state index in [1.807, 2.05) is 6.92 Å². The Hall–Kier alpha value is -1.14. The number of nitrogens with zero attached hydrogens (tertiary/aromatic N) is 2. The molecule has 5 nitrogen and oxygen atoms in total. The van der Waals surface area contributed by atoms with Gasteiger partial charge in [0, 0.05) is 17.6 Å². The summed E-state index contributed by atoms with van der Waals surface area (Å²) in [6.07, 6.45) is 7.12. The molecule has 1 fully saturated rings. The molecule has 1 amide bonds. The quantitative estimate of drug-likeness (QED) is 0.796. The van der Waals surface area contributed by atoms with Crippen molar-refractivity contribution in [3.63, 3.8) is 0 Å². The van der Waals surface area contributed by atoms with E-state index in [0.29, 0.717) is 5.25 Å². The predicted octanol–water partition coefficient (Wildman–Crippen LogP) is 1.34. The van der Waals surface area contributed by atoms with Gasteiger partial charge in [-0.15, -0.1) is 0 Å². The second-order valence-electron chi connectivity index (χ2n) is 4.84. The SMILES string of the molecule is CCNC1(C(N)=O)CCCC(Sc2ncccn2)C1. The van der Waals surface area contributed by atoms with Crippen molar-refractivity contribution in [1.29, 1.82) is 0 Å². The molecule has 2 atom stereocenters. The number of nitrogens with one attached hydrogen (secondary N) is 1. The maximum atomic E-state index is 11.8. The zero-order valence-electron chi connectivity index (χ0n) is 11.1. The number of likely N-dealkylation sites (N-methyl/N-ethyl adjacent to an activating group) is 1. The molecule has 6 heteroatoms. The highest BCUT2D eigenvalue weighted by molar-refractivity contribution is 7.99. The molecule has 19 heavy (non-hydrogen) atoms. The zero-order chi connectivity index (χ0) is 13.7. The molecule has 1 aliphatic rings. The number of aromatic nitrogens is 2. The molecule has 1 aromatic rings. The van der Waals surface area contributed by atoms with Gasteiger partial charge >= 0.3 is 0 Å². The number of rotatable bonds is 5. The molecule has 104 valence electrons. The number of nitrogens with two attached hydrogens (primary N) is 1. The Balaban J connectivity index is 2.05. The largest absolute Gasteiger partial charge is 0.368 e. The highest BCUT2D eigenvalue weighted by Crippen LogP contribution is 2.37. The third kappa shape index (κ3) is 3.45. The summed E-state index contributed by atoms with van der Waals surface area (Å²) in [4.78, 5) is 20.2. The monoisotopic (exact) mass is 280 g/mol. The van der Waals surface area contributed by atoms with E-state index in [-0.39, 0.29) is 5.91 Å². The molecule has 0 aliphatic heterocycles. The molecule has 0 radical (unpaired) electrons. The summed E-state index contributed by atoms with van der Waals surface area (Å²) >= 11 is 1.64. The van der Waals surface area contributed by atoms with Crippen LogP contribution in [0.1, 0.15) is 32.6 Å². The summed E-state index contributed by atoms with van der Waals surface area (Å²) in [5.41, 5.74) is 5.05. The van der Waals surface area contributed by atoms with Crippen LogP contribution in [0.15, 0.2) is 23.6 Å². The van der Waals surface area contributed by atoms with Gasteiger partial charge in [0.15, 0.2) is 5.16 Å². The minimum absolute atomic E-state index is 0.242. The third-order valence-electron chi connectivity index (χ3n) is 3.51. The Labute approximate surface area is 117 Å². The van der Waals surface area contributed by atoms with Gasteiger partial charge in [-0.3, -0.25) is 4.79 Å². The van der Waals surface area contributed by atoms with E-state index in [2.05, 4.69) is 15.3 Å². The Kier molecular flexibility index (Phi) is 4.76. The van der Waals surface area contributed by atoms with Gasteiger partial charge in [0.05, 0.1) is 5.54 Å². The average Bonchev–Trinajstić information content (AvgIpc) is 2.40. The molecule has 1 aliphatic carbocycles. The number of carbonyl (C=O) groups excluding carboxylic acids is 1. The van der Waals surface area contributed by atoms with Gasteiger partial charge in [0.25, 0.3) is 0 Å². The second-order valence-corrected chi connectivity index (χ2v) is 6.11. The van der Waals surface area contributed by atoms with Crippen molar-refractivity contribution < 1.29 is 4.79 Å². The van der Waals surface area contributed by atoms with Crippen molar-refractivity contribution in [3.8, 4) is 0 Å². The molecular weight excluding hydrogens is 260 g/mol. The molecule has 0 saturated heterocycles. The first-order valence-electron chi connectivity index (χ1n) is 6.65. The van der Waals surface area contributed by atoms with Crippen LogP contribution >= 0.6 is 11.8 Å². The van der Waals surface area contributed by atoms with Crippen LogP contribution in [0.25, 0.3) is 0 Å². The molecule has 3 N–H and O–H groups in total. The van der Waals surface area contributed by atoms with E-state index in [4.69, 9.17) is 5.73 Å². The van der Waals surface area contributed by atoms with Crippen LogP contribution in [0.3, 0.4) is 0 Å². The van der Waals surface area contributed by atoms with Gasteiger partial charge in [-0.05, 0) is 38.3 Å². The van der Waals surface area contributed by atoms with Crippen LogP contribution in [0.2, 0.25) is 0 Å². The minimum Gasteiger partial charge on any atom is -0.368 e. The van der Waals surface area contributed by atoms with Crippen LogP contribution in [-0.4, -0.2) is 33.2 Å². The Morgan fingerprint density at radius 2 is 2.32 bits per heavy atom. The fourth-order valence-corrected chi connectivity index (χ4v) is 3.82. The second kappa shape index (κ2) is 6.34. The van der Waals surface area contributed by atoms with Gasteiger partial charge in [-0.1, -0.05) is 18.7 Å². The first-order valence-corrected chi connectivity index (χ1v) is 7.53. The van der Waals surface area contributed by atoms with Gasteiger partial charge in [-0.25, -0.2) is 9.97 Å². The Bertz CT molecular complexity index is 424. The van der Waals surface area contributed by atoms with Crippen molar-refractivity contribution >= 4 is 17.7 Å². The zero-order valence-corrected chi connectivity index (χ0v) is 11.9. The van der Waals surface area contributed by atoms with Crippen LogP contribution in [0.5, 0.6) is 0 Å². The number of primary amides is 1. The van der Waals surface area contributed by atoms with Crippen LogP contribution < -0.4 is 11.1 Å². The molecule has 1 heterocycles. The topological polar surface area (TPSA) is 80.9 Å². The molecule has 0 bridgehead atoms. The van der Waals surface area contributed by atoms with Crippen molar-refractivity contribution in [2.45, 2.75) is 48.6 Å². The van der Waals surface area contributed by atoms with E-state index < -0.39 is 5.54 Å². The van der Waals surface area contributed by atoms with Gasteiger partial charge in [0.1, 0.15) is 0 Å². The van der Waals surface area contributed by atoms with Crippen molar-refractivity contribution in [2.24, 2.45) is 5.73 Å². The van der Waals surface area contributed by atoms with Gasteiger partial charge < -0.3 is 11.1 Å². The van der Waals surface area contributed by atoms with E-state index in [9.17, 15) is 4.79 Å². The molecule has 0 spiro atoms. The normalized spacial score (nSPS) is 27.1. The highest BCUT2D eigenvalue weighted by atomic mass is 32.2. The Morgan fingerprint density at radius 1 is 1.58 bits per heavy atom. The molecular formula is C13H20N4OS. The molecule has 1 aromatic heterocycles. The lowest BCUT2D eigenvalue weighted by Crippen LogP contribution is -2.58. The molecule has 2 unspecified atom stereocenters. The van der Waals surface area contributed by atoms with Crippen LogP contribution in [0.4, 0.5) is 0 Å². The maximum Gasteiger partial charge on any atom is 0.237 e. The standard InChI is InChI=1S/C13H20N4OS/c1-2-17-13(11(14)18)6-3-5-10(9-13)19-12-15-7-4-8-16-12/h4,7-8,10,17H,2-3,5-6,9H2,1H3,(H2,14,18). The van der Waals surface area contributed by atoms with E-state index in [1.54, 1.807) is 30.2 Å². The van der Waals surface area contributed by atoms with Crippen LogP contribution in [0, 0.1) is 0 Å². The van der Waals surface area contributed by atoms with Gasteiger partial charge in [0.2, 0.25) is 5.91 Å². The van der Waals surface area contributed by atoms with Crippen LogP contribution in [-0.2, 0) is 4.79 Å². The third-order valence-corrected chi connectivity index (χ3v) is 4.66. The summed E-state index contributed by atoms with van der Waals surface area (Å²) in [5, 5.41) is 4.39. The lowest BCUT2D eigenvalue weighted by Gasteiger charge is -2.38. The summed E-state index contributed by atoms with van der Waals surface area (Å²) in [6, 6.07) is 1.80. The summed E-state index contributed by atoms with van der Waals surface area (Å²) in [5.74, 6) is -0.242. The van der Waals surface area contributed by atoms with Crippen molar-refractivity contribution in [3.05, 3.63) is 18.5 Å². The van der Waals surface area contributed by atoms with E-state index in [0.717, 1.165) is 37.4 Å². The Morgan fingerprint density at radius 3 is 2.95 bits per heavy atom. The molecule has 0 aromatic carbocycles. The lowest BCUT2D eigenvalue weighted by atomic mass is 9.80. The average molecular weight is 280 g/mol. The molecule has 2 rings (SSSR count). The number of hydrogen-bond donors (Lipinski definition) is 2. The first kappa shape index (κ1) is 14.3. The fraction of sp³-hybridized carbons (Fsp3) is 0.615.